The number of hydrogen-bond donors (Lipinski definition) is 2. The molecule has 112 valence electrons. The van der Waals surface area contributed by atoms with Crippen LogP contribution < -0.4 is 10.6 Å². The van der Waals surface area contributed by atoms with Crippen LogP contribution in [0.15, 0.2) is 47.5 Å². The number of fused-ring (bicyclic) bond motifs is 1. The highest BCUT2D eigenvalue weighted by atomic mass is 127. The van der Waals surface area contributed by atoms with Gasteiger partial charge in [-0.2, -0.15) is 11.8 Å². The lowest BCUT2D eigenvalue weighted by molar-refractivity contribution is 0.903. The molecular formula is C16H20IN3S. The second-order valence-corrected chi connectivity index (χ2v) is 5.88. The lowest BCUT2D eigenvalue weighted by atomic mass is 10.1. The van der Waals surface area contributed by atoms with E-state index in [4.69, 9.17) is 0 Å². The maximum absolute atomic E-state index is 4.32. The SMILES string of the molecule is I.c1ccc2c(CSCCNC3=NCCN3)cccc2c1. The molecule has 0 spiro atoms. The Morgan fingerprint density at radius 3 is 2.86 bits per heavy atom. The van der Waals surface area contributed by atoms with Crippen molar-refractivity contribution < 1.29 is 0 Å². The predicted octanol–water partition coefficient (Wildman–Crippen LogP) is 3.24. The van der Waals surface area contributed by atoms with Gasteiger partial charge in [0.2, 0.25) is 0 Å². The molecule has 1 heterocycles. The Morgan fingerprint density at radius 2 is 2.00 bits per heavy atom. The summed E-state index contributed by atoms with van der Waals surface area (Å²) in [6.07, 6.45) is 0. The summed E-state index contributed by atoms with van der Waals surface area (Å²) >= 11 is 1.96. The molecular weight excluding hydrogens is 393 g/mol. The normalized spacial score (nSPS) is 13.4. The topological polar surface area (TPSA) is 36.4 Å². The molecule has 0 amide bonds. The van der Waals surface area contributed by atoms with Crippen LogP contribution >= 0.6 is 35.7 Å². The van der Waals surface area contributed by atoms with Crippen molar-refractivity contribution >= 4 is 52.5 Å². The van der Waals surface area contributed by atoms with Crippen molar-refractivity contribution in [3.05, 3.63) is 48.0 Å². The third kappa shape index (κ3) is 4.51. The van der Waals surface area contributed by atoms with E-state index in [0.29, 0.717) is 0 Å². The van der Waals surface area contributed by atoms with Crippen LogP contribution in [0.1, 0.15) is 5.56 Å². The van der Waals surface area contributed by atoms with Crippen LogP contribution in [0.4, 0.5) is 0 Å². The number of thioether (sulfide) groups is 1. The number of benzene rings is 2. The molecule has 0 aromatic heterocycles. The molecule has 0 aliphatic carbocycles. The van der Waals surface area contributed by atoms with Crippen LogP contribution in [0.5, 0.6) is 0 Å². The Morgan fingerprint density at radius 1 is 1.14 bits per heavy atom. The number of aliphatic imine (C=N–C) groups is 1. The van der Waals surface area contributed by atoms with E-state index < -0.39 is 0 Å². The molecule has 0 saturated carbocycles. The minimum atomic E-state index is 0. The Kier molecular flexibility index (Phi) is 6.63. The van der Waals surface area contributed by atoms with E-state index in [1.165, 1.54) is 16.3 Å². The molecule has 3 rings (SSSR count). The van der Waals surface area contributed by atoms with Gasteiger partial charge in [0.15, 0.2) is 5.96 Å². The van der Waals surface area contributed by atoms with Crippen molar-refractivity contribution in [2.75, 3.05) is 25.4 Å². The minimum absolute atomic E-state index is 0. The van der Waals surface area contributed by atoms with E-state index in [2.05, 4.69) is 58.1 Å². The highest BCUT2D eigenvalue weighted by molar-refractivity contribution is 14.0. The average Bonchev–Trinajstić information content (AvgIpc) is 3.00. The van der Waals surface area contributed by atoms with Crippen LogP contribution in [-0.4, -0.2) is 31.3 Å². The third-order valence-corrected chi connectivity index (χ3v) is 4.36. The molecule has 0 bridgehead atoms. The van der Waals surface area contributed by atoms with Gasteiger partial charge in [0.05, 0.1) is 6.54 Å². The fraction of sp³-hybridized carbons (Fsp3) is 0.312. The second kappa shape index (κ2) is 8.48. The first-order valence-electron chi connectivity index (χ1n) is 7.00. The van der Waals surface area contributed by atoms with Gasteiger partial charge in [-0.15, -0.1) is 24.0 Å². The van der Waals surface area contributed by atoms with Crippen molar-refractivity contribution in [1.82, 2.24) is 10.6 Å². The molecule has 0 radical (unpaired) electrons. The summed E-state index contributed by atoms with van der Waals surface area (Å²) in [5.41, 5.74) is 1.42. The summed E-state index contributed by atoms with van der Waals surface area (Å²) in [4.78, 5) is 4.32. The standard InChI is InChI=1S/C16H19N3S.HI/c1-2-7-15-13(4-1)5-3-6-14(15)12-20-11-10-19-16-17-8-9-18-16;/h1-7H,8-12H2,(H2,17,18,19);1H. The fourth-order valence-electron chi connectivity index (χ4n) is 2.36. The molecule has 0 fully saturated rings. The Hall–Kier alpha value is -0.950. The van der Waals surface area contributed by atoms with Crippen molar-refractivity contribution in [2.45, 2.75) is 5.75 Å². The van der Waals surface area contributed by atoms with E-state index in [1.807, 2.05) is 11.8 Å². The van der Waals surface area contributed by atoms with Crippen molar-refractivity contribution in [3.63, 3.8) is 0 Å². The predicted molar refractivity (Wildman–Crippen MR) is 104 cm³/mol. The average molecular weight is 413 g/mol. The molecule has 3 nitrogen and oxygen atoms in total. The van der Waals surface area contributed by atoms with Crippen molar-refractivity contribution in [1.29, 1.82) is 0 Å². The van der Waals surface area contributed by atoms with Gasteiger partial charge in [0.25, 0.3) is 0 Å². The van der Waals surface area contributed by atoms with Crippen LogP contribution in [0.3, 0.4) is 0 Å². The van der Waals surface area contributed by atoms with Crippen LogP contribution in [0.2, 0.25) is 0 Å². The van der Waals surface area contributed by atoms with Crippen LogP contribution in [-0.2, 0) is 5.75 Å². The number of nitrogens with one attached hydrogen (secondary N) is 2. The Bertz CT molecular complexity index is 610. The zero-order valence-corrected chi connectivity index (χ0v) is 15.0. The van der Waals surface area contributed by atoms with Gasteiger partial charge < -0.3 is 10.6 Å². The summed E-state index contributed by atoms with van der Waals surface area (Å²) < 4.78 is 0. The van der Waals surface area contributed by atoms with Gasteiger partial charge in [0, 0.05) is 24.6 Å². The molecule has 21 heavy (non-hydrogen) atoms. The maximum atomic E-state index is 4.32. The highest BCUT2D eigenvalue weighted by Gasteiger charge is 2.03. The molecule has 0 unspecified atom stereocenters. The molecule has 0 atom stereocenters. The number of halogens is 1. The second-order valence-electron chi connectivity index (χ2n) is 4.77. The summed E-state index contributed by atoms with van der Waals surface area (Å²) in [5, 5.41) is 9.24. The smallest absolute Gasteiger partial charge is 0.191 e. The first kappa shape index (κ1) is 16.4. The quantitative estimate of drug-likeness (QED) is 0.584. The van der Waals surface area contributed by atoms with Gasteiger partial charge in [-0.1, -0.05) is 42.5 Å². The van der Waals surface area contributed by atoms with Crippen LogP contribution in [0.25, 0.3) is 10.8 Å². The van der Waals surface area contributed by atoms with E-state index in [-0.39, 0.29) is 24.0 Å². The summed E-state index contributed by atoms with van der Waals surface area (Å²) in [5.74, 6) is 3.10. The molecule has 5 heteroatoms. The number of nitrogens with zero attached hydrogens (tertiary/aromatic N) is 1. The number of rotatable bonds is 5. The monoisotopic (exact) mass is 413 g/mol. The van der Waals surface area contributed by atoms with E-state index in [9.17, 15) is 0 Å². The zero-order chi connectivity index (χ0) is 13.6. The molecule has 2 aromatic rings. The molecule has 1 aliphatic rings. The van der Waals surface area contributed by atoms with Gasteiger partial charge in [-0.25, -0.2) is 0 Å². The number of guanidine groups is 1. The van der Waals surface area contributed by atoms with Crippen molar-refractivity contribution in [2.24, 2.45) is 4.99 Å². The van der Waals surface area contributed by atoms with Gasteiger partial charge >= 0.3 is 0 Å². The largest absolute Gasteiger partial charge is 0.356 e. The lowest BCUT2D eigenvalue weighted by Gasteiger charge is -2.08. The molecule has 1 aliphatic heterocycles. The Labute approximate surface area is 147 Å². The van der Waals surface area contributed by atoms with Gasteiger partial charge in [0.1, 0.15) is 0 Å². The van der Waals surface area contributed by atoms with E-state index in [0.717, 1.165) is 37.1 Å². The lowest BCUT2D eigenvalue weighted by Crippen LogP contribution is -2.35. The zero-order valence-electron chi connectivity index (χ0n) is 11.8. The first-order valence-corrected chi connectivity index (χ1v) is 8.15. The third-order valence-electron chi connectivity index (χ3n) is 3.35. The van der Waals surface area contributed by atoms with E-state index in [1.54, 1.807) is 0 Å². The highest BCUT2D eigenvalue weighted by Crippen LogP contribution is 2.22. The minimum Gasteiger partial charge on any atom is -0.356 e. The Balaban J connectivity index is 0.00000161. The molecule has 2 N–H and O–H groups in total. The van der Waals surface area contributed by atoms with Gasteiger partial charge in [-0.05, 0) is 16.3 Å². The van der Waals surface area contributed by atoms with Gasteiger partial charge in [-0.3, -0.25) is 4.99 Å². The fourth-order valence-corrected chi connectivity index (χ4v) is 3.22. The summed E-state index contributed by atoms with van der Waals surface area (Å²) in [6, 6.07) is 15.1. The summed E-state index contributed by atoms with van der Waals surface area (Å²) in [6.45, 7) is 2.82. The van der Waals surface area contributed by atoms with E-state index >= 15 is 0 Å². The molecule has 0 saturated heterocycles. The maximum Gasteiger partial charge on any atom is 0.191 e. The number of hydrogen-bond acceptors (Lipinski definition) is 4. The van der Waals surface area contributed by atoms with Crippen molar-refractivity contribution in [3.8, 4) is 0 Å². The first-order chi connectivity index (χ1) is 9.93. The summed E-state index contributed by atoms with van der Waals surface area (Å²) in [7, 11) is 0. The molecule has 2 aromatic carbocycles. The van der Waals surface area contributed by atoms with Crippen LogP contribution in [0, 0.1) is 0 Å².